The molecular weight excluding hydrogens is 584 g/mol. The molecule has 1 aliphatic rings. The first-order valence-electron chi connectivity index (χ1n) is 15.8. The lowest BCUT2D eigenvalue weighted by molar-refractivity contribution is -0.127. The van der Waals surface area contributed by atoms with E-state index in [1.54, 1.807) is 46.4 Å². The van der Waals surface area contributed by atoms with Gasteiger partial charge in [0.2, 0.25) is 17.7 Å². The summed E-state index contributed by atoms with van der Waals surface area (Å²) in [6.45, 7) is 19.3. The summed E-state index contributed by atoms with van der Waals surface area (Å²) in [5.74, 6) is 0.00584. The second-order valence-corrected chi connectivity index (χ2v) is 14.3. The molecule has 0 saturated carbocycles. The van der Waals surface area contributed by atoms with E-state index in [1.807, 2.05) is 27.7 Å². The summed E-state index contributed by atoms with van der Waals surface area (Å²) in [5.41, 5.74) is -1.87. The molecule has 1 saturated heterocycles. The molecule has 2 rings (SSSR count). The van der Waals surface area contributed by atoms with Gasteiger partial charge in [0.15, 0.2) is 0 Å². The number of likely N-dealkylation sites (tertiary alicyclic amines) is 1. The number of rotatable bonds is 11. The number of hydrogen-bond donors (Lipinski definition) is 3. The van der Waals surface area contributed by atoms with Crippen LogP contribution in [0.1, 0.15) is 132 Å². The van der Waals surface area contributed by atoms with Crippen LogP contribution in [0.25, 0.3) is 0 Å². The van der Waals surface area contributed by atoms with E-state index in [9.17, 15) is 19.2 Å². The van der Waals surface area contributed by atoms with Gasteiger partial charge in [0.1, 0.15) is 28.9 Å². The molecule has 0 spiro atoms. The van der Waals surface area contributed by atoms with Crippen molar-refractivity contribution in [1.29, 1.82) is 0 Å². The normalized spacial score (nSPS) is 15.9. The van der Waals surface area contributed by atoms with Crippen LogP contribution in [0.3, 0.4) is 0 Å². The van der Waals surface area contributed by atoms with Crippen LogP contribution >= 0.6 is 0 Å². The Kier molecular flexibility index (Phi) is 13.5. The van der Waals surface area contributed by atoms with E-state index in [0.717, 1.165) is 0 Å². The maximum Gasteiger partial charge on any atom is 0.410 e. The Morgan fingerprint density at radius 2 is 1.33 bits per heavy atom. The molecule has 0 radical (unpaired) electrons. The topological polar surface area (TPSA) is 174 Å². The molecular formula is C31H54N6O8. The molecule has 1 aliphatic heterocycles. The number of nitrogens with zero attached hydrogens (tertiary/aromatic N) is 3. The first kappa shape index (κ1) is 37.6. The van der Waals surface area contributed by atoms with E-state index in [2.05, 4.69) is 26.1 Å². The highest BCUT2D eigenvalue weighted by atomic mass is 16.6. The van der Waals surface area contributed by atoms with Crippen LogP contribution < -0.4 is 16.0 Å². The van der Waals surface area contributed by atoms with E-state index in [-0.39, 0.29) is 29.7 Å². The molecule has 2 heterocycles. The number of carbonyl (C=O) groups is 4. The Hall–Kier alpha value is -3.58. The zero-order valence-corrected chi connectivity index (χ0v) is 28.7. The van der Waals surface area contributed by atoms with Gasteiger partial charge in [-0.3, -0.25) is 4.79 Å². The Balaban J connectivity index is 2.00. The largest absolute Gasteiger partial charge is 0.444 e. The fourth-order valence-electron chi connectivity index (χ4n) is 4.49. The van der Waals surface area contributed by atoms with Crippen LogP contribution in [0.15, 0.2) is 4.42 Å². The van der Waals surface area contributed by atoms with Crippen LogP contribution in [-0.2, 0) is 19.0 Å². The minimum atomic E-state index is -0.702. The molecule has 1 aromatic heterocycles. The summed E-state index contributed by atoms with van der Waals surface area (Å²) in [4.78, 5) is 51.7. The Bertz CT molecular complexity index is 1130. The molecule has 4 amide bonds. The van der Waals surface area contributed by atoms with Gasteiger partial charge in [-0.25, -0.2) is 14.4 Å². The average molecular weight is 639 g/mol. The third-order valence-electron chi connectivity index (χ3n) is 6.57. The van der Waals surface area contributed by atoms with E-state index < -0.39 is 41.1 Å². The number of piperidine rings is 1. The predicted octanol–water partition coefficient (Wildman–Crippen LogP) is 5.54. The van der Waals surface area contributed by atoms with Gasteiger partial charge in [-0.2, -0.15) is 0 Å². The lowest BCUT2D eigenvalue weighted by Crippen LogP contribution is -2.45. The SMILES string of the molecule is CC[C@H](NC(=O)C1CCN(C(=O)OC(C)(C)C)CC1)c1nnc([C@H](CCCCNC(=O)OC(C)(C)C)NC(=O)OC(C)(C)C)o1. The number of alkyl carbamates (subject to hydrolysis) is 2. The molecule has 256 valence electrons. The molecule has 45 heavy (non-hydrogen) atoms. The molecule has 1 fully saturated rings. The van der Waals surface area contributed by atoms with Crippen molar-refractivity contribution in [2.45, 2.75) is 137 Å². The molecule has 14 heteroatoms. The highest BCUT2D eigenvalue weighted by Gasteiger charge is 2.32. The van der Waals surface area contributed by atoms with Gasteiger partial charge in [0.05, 0.1) is 0 Å². The number of aromatic nitrogens is 2. The van der Waals surface area contributed by atoms with E-state index in [1.165, 1.54) is 0 Å². The number of hydrogen-bond acceptors (Lipinski definition) is 10. The van der Waals surface area contributed by atoms with Gasteiger partial charge in [-0.15, -0.1) is 10.2 Å². The van der Waals surface area contributed by atoms with Crippen molar-refractivity contribution in [1.82, 2.24) is 31.0 Å². The number of unbranched alkanes of at least 4 members (excludes halogenated alkanes) is 1. The fourth-order valence-corrected chi connectivity index (χ4v) is 4.49. The second kappa shape index (κ2) is 16.1. The van der Waals surface area contributed by atoms with Gasteiger partial charge in [0.25, 0.3) is 0 Å². The Morgan fingerprint density at radius 3 is 1.87 bits per heavy atom. The summed E-state index contributed by atoms with van der Waals surface area (Å²) < 4.78 is 22.1. The minimum absolute atomic E-state index is 0.147. The maximum atomic E-state index is 13.1. The highest BCUT2D eigenvalue weighted by Crippen LogP contribution is 2.25. The van der Waals surface area contributed by atoms with Gasteiger partial charge < -0.3 is 39.5 Å². The van der Waals surface area contributed by atoms with Crippen molar-refractivity contribution in [2.24, 2.45) is 5.92 Å². The second-order valence-electron chi connectivity index (χ2n) is 14.3. The zero-order valence-electron chi connectivity index (χ0n) is 28.7. The lowest BCUT2D eigenvalue weighted by atomic mass is 9.95. The van der Waals surface area contributed by atoms with Gasteiger partial charge in [-0.1, -0.05) is 6.92 Å². The molecule has 0 unspecified atom stereocenters. The summed E-state index contributed by atoms with van der Waals surface area (Å²) in [7, 11) is 0. The van der Waals surface area contributed by atoms with Crippen molar-refractivity contribution < 1.29 is 37.8 Å². The van der Waals surface area contributed by atoms with E-state index >= 15 is 0 Å². The summed E-state index contributed by atoms with van der Waals surface area (Å²) in [6.07, 6.45) is 1.71. The molecule has 2 atom stereocenters. The average Bonchev–Trinajstić information content (AvgIpc) is 3.38. The standard InChI is InChI=1S/C31H54N6O8/c1-11-21(33-23(38)20-15-18-37(19-16-20)28(41)45-31(8,9)10)24-35-36-25(42-24)22(34-27(40)44-30(5,6)7)14-12-13-17-32-26(39)43-29(2,3)4/h20-22H,11-19H2,1-10H3,(H,32,39)(H,33,38)(H,34,40)/t21-,22-/m0/s1. The van der Waals surface area contributed by atoms with Crippen molar-refractivity contribution in [3.63, 3.8) is 0 Å². The molecule has 0 aromatic carbocycles. The molecule has 1 aromatic rings. The van der Waals surface area contributed by atoms with Crippen molar-refractivity contribution in [2.75, 3.05) is 19.6 Å². The van der Waals surface area contributed by atoms with Gasteiger partial charge >= 0.3 is 18.3 Å². The number of carbonyl (C=O) groups excluding carboxylic acids is 4. The van der Waals surface area contributed by atoms with Crippen LogP contribution in [0.5, 0.6) is 0 Å². The molecule has 0 bridgehead atoms. The van der Waals surface area contributed by atoms with Crippen LogP contribution in [0.4, 0.5) is 14.4 Å². The highest BCUT2D eigenvalue weighted by molar-refractivity contribution is 5.79. The Labute approximate surface area is 267 Å². The predicted molar refractivity (Wildman–Crippen MR) is 166 cm³/mol. The third kappa shape index (κ3) is 14.4. The molecule has 14 nitrogen and oxygen atoms in total. The number of nitrogens with one attached hydrogen (secondary N) is 3. The molecule has 3 N–H and O–H groups in total. The van der Waals surface area contributed by atoms with E-state index in [0.29, 0.717) is 58.2 Å². The quantitative estimate of drug-likeness (QED) is 0.206. The fraction of sp³-hybridized carbons (Fsp3) is 0.806. The number of ether oxygens (including phenoxy) is 3. The van der Waals surface area contributed by atoms with Gasteiger partial charge in [-0.05, 0) is 101 Å². The number of amides is 4. The van der Waals surface area contributed by atoms with Crippen molar-refractivity contribution in [3.05, 3.63) is 11.8 Å². The van der Waals surface area contributed by atoms with Crippen LogP contribution in [0.2, 0.25) is 0 Å². The summed E-state index contributed by atoms with van der Waals surface area (Å²) >= 11 is 0. The Morgan fingerprint density at radius 1 is 0.800 bits per heavy atom. The monoisotopic (exact) mass is 638 g/mol. The summed E-state index contributed by atoms with van der Waals surface area (Å²) in [6, 6.07) is -1.17. The first-order chi connectivity index (χ1) is 20.8. The van der Waals surface area contributed by atoms with Crippen molar-refractivity contribution in [3.8, 4) is 0 Å². The van der Waals surface area contributed by atoms with Crippen molar-refractivity contribution >= 4 is 24.2 Å². The molecule has 0 aliphatic carbocycles. The van der Waals surface area contributed by atoms with E-state index in [4.69, 9.17) is 18.6 Å². The first-order valence-corrected chi connectivity index (χ1v) is 15.8. The smallest absolute Gasteiger partial charge is 0.410 e. The third-order valence-corrected chi connectivity index (χ3v) is 6.57. The van der Waals surface area contributed by atoms with Crippen LogP contribution in [-0.4, -0.2) is 75.7 Å². The maximum absolute atomic E-state index is 13.1. The van der Waals surface area contributed by atoms with Gasteiger partial charge in [0, 0.05) is 25.6 Å². The van der Waals surface area contributed by atoms with Crippen LogP contribution in [0, 0.1) is 5.92 Å². The minimum Gasteiger partial charge on any atom is -0.444 e. The lowest BCUT2D eigenvalue weighted by Gasteiger charge is -2.33. The zero-order chi connectivity index (χ0) is 34.0. The summed E-state index contributed by atoms with van der Waals surface area (Å²) in [5, 5.41) is 16.9.